The summed E-state index contributed by atoms with van der Waals surface area (Å²) in [6.45, 7) is 2.13. The van der Waals surface area contributed by atoms with Crippen molar-refractivity contribution in [2.75, 3.05) is 0 Å². The molecule has 0 unspecified atom stereocenters. The van der Waals surface area contributed by atoms with Crippen molar-refractivity contribution >= 4 is 5.57 Å². The maximum Gasteiger partial charge on any atom is 0.137 e. The van der Waals surface area contributed by atoms with E-state index in [1.807, 2.05) is 6.20 Å². The molecule has 1 aliphatic carbocycles. The van der Waals surface area contributed by atoms with Crippen LogP contribution in [-0.4, -0.2) is 9.97 Å². The fourth-order valence-electron chi connectivity index (χ4n) is 1.47. The zero-order valence-electron chi connectivity index (χ0n) is 7.88. The van der Waals surface area contributed by atoms with Crippen molar-refractivity contribution in [2.45, 2.75) is 26.2 Å². The lowest BCUT2D eigenvalue weighted by atomic mass is 10.1. The number of nitrogens with zero attached hydrogens (tertiary/aromatic N) is 1. The number of aryl methyl sites for hydroxylation is 1. The highest BCUT2D eigenvalue weighted by atomic mass is 14.9. The highest BCUT2D eigenvalue weighted by Crippen LogP contribution is 2.18. The van der Waals surface area contributed by atoms with Crippen LogP contribution in [0.3, 0.4) is 0 Å². The van der Waals surface area contributed by atoms with E-state index in [-0.39, 0.29) is 0 Å². The molecule has 0 aromatic carbocycles. The standard InChI is InChI=1S/C11H14N2/c1-2-10-8-12-11(13-10)9-6-4-3-5-7-9/h4,6-8H,2-3,5H2,1H3,(H,12,13). The molecule has 1 heterocycles. The number of nitrogens with one attached hydrogen (secondary N) is 1. The van der Waals surface area contributed by atoms with Crippen molar-refractivity contribution in [3.63, 3.8) is 0 Å². The maximum absolute atomic E-state index is 4.34. The average molecular weight is 174 g/mol. The molecule has 0 bridgehead atoms. The van der Waals surface area contributed by atoms with Gasteiger partial charge in [0.25, 0.3) is 0 Å². The maximum atomic E-state index is 4.34. The van der Waals surface area contributed by atoms with Crippen molar-refractivity contribution in [3.05, 3.63) is 35.9 Å². The molecule has 0 saturated heterocycles. The lowest BCUT2D eigenvalue weighted by Crippen LogP contribution is -1.88. The third kappa shape index (κ3) is 1.72. The second-order valence-corrected chi connectivity index (χ2v) is 3.25. The van der Waals surface area contributed by atoms with Gasteiger partial charge < -0.3 is 4.98 Å². The van der Waals surface area contributed by atoms with Crippen LogP contribution in [0.1, 0.15) is 31.3 Å². The van der Waals surface area contributed by atoms with E-state index in [1.165, 1.54) is 11.3 Å². The van der Waals surface area contributed by atoms with Crippen LogP contribution in [0.4, 0.5) is 0 Å². The predicted octanol–water partition coefficient (Wildman–Crippen LogP) is 2.71. The minimum absolute atomic E-state index is 1.01. The lowest BCUT2D eigenvalue weighted by Gasteiger charge is -2.02. The average Bonchev–Trinajstić information content (AvgIpc) is 2.67. The fourth-order valence-corrected chi connectivity index (χ4v) is 1.47. The van der Waals surface area contributed by atoms with Gasteiger partial charge in [-0.25, -0.2) is 4.98 Å². The summed E-state index contributed by atoms with van der Waals surface area (Å²) in [5, 5.41) is 0. The Balaban J connectivity index is 2.24. The predicted molar refractivity (Wildman–Crippen MR) is 54.3 cm³/mol. The summed E-state index contributed by atoms with van der Waals surface area (Å²) in [5.41, 5.74) is 2.43. The number of aromatic nitrogens is 2. The first kappa shape index (κ1) is 8.30. The van der Waals surface area contributed by atoms with Gasteiger partial charge in [0, 0.05) is 17.5 Å². The van der Waals surface area contributed by atoms with Crippen LogP contribution in [0.25, 0.3) is 5.57 Å². The van der Waals surface area contributed by atoms with E-state index in [1.54, 1.807) is 0 Å². The Morgan fingerprint density at radius 2 is 2.38 bits per heavy atom. The zero-order chi connectivity index (χ0) is 9.10. The van der Waals surface area contributed by atoms with E-state index in [2.05, 4.69) is 35.1 Å². The molecule has 0 amide bonds. The molecule has 1 aromatic heterocycles. The first-order valence-electron chi connectivity index (χ1n) is 4.81. The molecular formula is C11H14N2. The Morgan fingerprint density at radius 1 is 1.46 bits per heavy atom. The molecule has 0 aliphatic heterocycles. The largest absolute Gasteiger partial charge is 0.342 e. The van der Waals surface area contributed by atoms with Gasteiger partial charge in [0.1, 0.15) is 5.82 Å². The summed E-state index contributed by atoms with van der Waals surface area (Å²) < 4.78 is 0. The number of allylic oxidation sites excluding steroid dienone is 4. The van der Waals surface area contributed by atoms with Crippen molar-refractivity contribution < 1.29 is 0 Å². The number of H-pyrrole nitrogens is 1. The Hall–Kier alpha value is -1.31. The van der Waals surface area contributed by atoms with Gasteiger partial charge in [0.2, 0.25) is 0 Å². The lowest BCUT2D eigenvalue weighted by molar-refractivity contribution is 1.03. The molecular weight excluding hydrogens is 160 g/mol. The van der Waals surface area contributed by atoms with Crippen LogP contribution in [0, 0.1) is 0 Å². The number of aromatic amines is 1. The van der Waals surface area contributed by atoms with Crippen LogP contribution in [0.15, 0.2) is 24.4 Å². The summed E-state index contributed by atoms with van der Waals surface area (Å²) in [5.74, 6) is 1.01. The molecule has 0 radical (unpaired) electrons. The van der Waals surface area contributed by atoms with Crippen LogP contribution in [0.2, 0.25) is 0 Å². The van der Waals surface area contributed by atoms with E-state index in [0.717, 1.165) is 25.1 Å². The third-order valence-corrected chi connectivity index (χ3v) is 2.28. The quantitative estimate of drug-likeness (QED) is 0.733. The van der Waals surface area contributed by atoms with E-state index >= 15 is 0 Å². The summed E-state index contributed by atoms with van der Waals surface area (Å²) in [4.78, 5) is 7.64. The van der Waals surface area contributed by atoms with Gasteiger partial charge in [0.15, 0.2) is 0 Å². The molecule has 1 aliphatic rings. The molecule has 0 saturated carbocycles. The van der Waals surface area contributed by atoms with Crippen LogP contribution in [-0.2, 0) is 6.42 Å². The van der Waals surface area contributed by atoms with Crippen LogP contribution < -0.4 is 0 Å². The van der Waals surface area contributed by atoms with Crippen molar-refractivity contribution in [1.82, 2.24) is 9.97 Å². The van der Waals surface area contributed by atoms with Gasteiger partial charge in [-0.15, -0.1) is 0 Å². The fraction of sp³-hybridized carbons (Fsp3) is 0.364. The van der Waals surface area contributed by atoms with Gasteiger partial charge in [0.05, 0.1) is 0 Å². The van der Waals surface area contributed by atoms with Gasteiger partial charge in [-0.05, 0) is 19.3 Å². The summed E-state index contributed by atoms with van der Waals surface area (Å²) in [6.07, 6.45) is 11.8. The first-order valence-corrected chi connectivity index (χ1v) is 4.81. The van der Waals surface area contributed by atoms with E-state index in [0.29, 0.717) is 0 Å². The minimum atomic E-state index is 1.01. The Kier molecular flexibility index (Phi) is 2.30. The Bertz CT molecular complexity index is 345. The summed E-state index contributed by atoms with van der Waals surface area (Å²) in [6, 6.07) is 0. The third-order valence-electron chi connectivity index (χ3n) is 2.28. The van der Waals surface area contributed by atoms with Gasteiger partial charge in [-0.2, -0.15) is 0 Å². The second-order valence-electron chi connectivity index (χ2n) is 3.25. The molecule has 1 aromatic rings. The van der Waals surface area contributed by atoms with Crippen LogP contribution in [0.5, 0.6) is 0 Å². The van der Waals surface area contributed by atoms with Crippen LogP contribution >= 0.6 is 0 Å². The van der Waals surface area contributed by atoms with E-state index in [4.69, 9.17) is 0 Å². The molecule has 68 valence electrons. The van der Waals surface area contributed by atoms with Gasteiger partial charge >= 0.3 is 0 Å². The second kappa shape index (κ2) is 3.60. The van der Waals surface area contributed by atoms with Crippen molar-refractivity contribution in [3.8, 4) is 0 Å². The van der Waals surface area contributed by atoms with Crippen molar-refractivity contribution in [2.24, 2.45) is 0 Å². The number of hydrogen-bond acceptors (Lipinski definition) is 1. The van der Waals surface area contributed by atoms with Gasteiger partial charge in [-0.1, -0.05) is 25.2 Å². The molecule has 0 atom stereocenters. The molecule has 1 N–H and O–H groups in total. The highest BCUT2D eigenvalue weighted by molar-refractivity contribution is 5.70. The van der Waals surface area contributed by atoms with E-state index in [9.17, 15) is 0 Å². The highest BCUT2D eigenvalue weighted by Gasteiger charge is 2.04. The van der Waals surface area contributed by atoms with Gasteiger partial charge in [-0.3, -0.25) is 0 Å². The van der Waals surface area contributed by atoms with Crippen molar-refractivity contribution in [1.29, 1.82) is 0 Å². The minimum Gasteiger partial charge on any atom is -0.342 e. The zero-order valence-corrected chi connectivity index (χ0v) is 7.88. The number of hydrogen-bond donors (Lipinski definition) is 1. The smallest absolute Gasteiger partial charge is 0.137 e. The summed E-state index contributed by atoms with van der Waals surface area (Å²) >= 11 is 0. The number of imidazole rings is 1. The summed E-state index contributed by atoms with van der Waals surface area (Å²) in [7, 11) is 0. The SMILES string of the molecule is CCc1cnc(C2=CCCC=C2)[nH]1. The Labute approximate surface area is 78.4 Å². The Morgan fingerprint density at radius 3 is 3.00 bits per heavy atom. The first-order chi connectivity index (χ1) is 6.40. The molecule has 13 heavy (non-hydrogen) atoms. The number of rotatable bonds is 2. The molecule has 2 rings (SSSR count). The molecule has 2 nitrogen and oxygen atoms in total. The molecule has 0 fully saturated rings. The topological polar surface area (TPSA) is 28.7 Å². The normalized spacial score (nSPS) is 15.9. The monoisotopic (exact) mass is 174 g/mol. The molecule has 0 spiro atoms. The van der Waals surface area contributed by atoms with E-state index < -0.39 is 0 Å². The molecule has 2 heteroatoms.